The molecule has 7 heteroatoms. The minimum Gasteiger partial charge on any atom is -0.206 e. The van der Waals surface area contributed by atoms with Crippen LogP contribution in [0.5, 0.6) is 0 Å². The standard InChI is InChI=1S/C10H15Cl2NO2S2/c1-6-5-8(16-9(6)12)17(14,15)13-10(3,4)7(2)11/h5,7,13H,1-4H3. The minimum absolute atomic E-state index is 0.213. The molecule has 1 rings (SSSR count). The zero-order chi connectivity index (χ0) is 13.4. The molecule has 0 aliphatic carbocycles. The van der Waals surface area contributed by atoms with Crippen LogP contribution < -0.4 is 4.72 Å². The minimum atomic E-state index is -3.57. The highest BCUT2D eigenvalue weighted by atomic mass is 35.5. The lowest BCUT2D eigenvalue weighted by Gasteiger charge is -2.28. The molecule has 0 aliphatic heterocycles. The summed E-state index contributed by atoms with van der Waals surface area (Å²) in [5, 5.41) is -0.325. The van der Waals surface area contributed by atoms with E-state index in [4.69, 9.17) is 23.2 Å². The summed E-state index contributed by atoms with van der Waals surface area (Å²) in [4.78, 5) is 0. The van der Waals surface area contributed by atoms with E-state index < -0.39 is 15.6 Å². The van der Waals surface area contributed by atoms with Crippen LogP contribution in [-0.2, 0) is 10.0 Å². The molecule has 0 fully saturated rings. The van der Waals surface area contributed by atoms with Crippen molar-refractivity contribution >= 4 is 44.6 Å². The van der Waals surface area contributed by atoms with Crippen molar-refractivity contribution in [3.63, 3.8) is 0 Å². The van der Waals surface area contributed by atoms with Crippen LogP contribution in [0.2, 0.25) is 4.34 Å². The summed E-state index contributed by atoms with van der Waals surface area (Å²) in [7, 11) is -3.57. The first-order valence-electron chi connectivity index (χ1n) is 5.00. The van der Waals surface area contributed by atoms with E-state index in [1.54, 1.807) is 33.8 Å². The van der Waals surface area contributed by atoms with Gasteiger partial charge in [0.1, 0.15) is 4.21 Å². The second-order valence-corrected chi connectivity index (χ2v) is 8.68. The van der Waals surface area contributed by atoms with Gasteiger partial charge in [0.2, 0.25) is 0 Å². The van der Waals surface area contributed by atoms with E-state index in [9.17, 15) is 8.42 Å². The molecule has 0 amide bonds. The van der Waals surface area contributed by atoms with Gasteiger partial charge < -0.3 is 0 Å². The Morgan fingerprint density at radius 2 is 2.00 bits per heavy atom. The molecule has 0 saturated carbocycles. The first-order valence-corrected chi connectivity index (χ1v) is 8.11. The number of aryl methyl sites for hydroxylation is 1. The SMILES string of the molecule is Cc1cc(S(=O)(=O)NC(C)(C)C(C)Cl)sc1Cl. The maximum absolute atomic E-state index is 12.1. The largest absolute Gasteiger partial charge is 0.250 e. The monoisotopic (exact) mass is 315 g/mol. The molecule has 3 nitrogen and oxygen atoms in total. The number of hydrogen-bond acceptors (Lipinski definition) is 3. The number of halogens is 2. The Kier molecular flexibility index (Phi) is 4.53. The third kappa shape index (κ3) is 3.58. The number of thiophene rings is 1. The molecule has 0 bridgehead atoms. The van der Waals surface area contributed by atoms with Gasteiger partial charge in [-0.3, -0.25) is 0 Å². The fraction of sp³-hybridized carbons (Fsp3) is 0.600. The van der Waals surface area contributed by atoms with Crippen LogP contribution in [0.1, 0.15) is 26.3 Å². The van der Waals surface area contributed by atoms with Crippen LogP contribution in [0.3, 0.4) is 0 Å². The predicted octanol–water partition coefficient (Wildman–Crippen LogP) is 3.39. The van der Waals surface area contributed by atoms with Crippen molar-refractivity contribution in [3.8, 4) is 0 Å². The first-order chi connectivity index (χ1) is 7.56. The fourth-order valence-electron chi connectivity index (χ4n) is 1.04. The lowest BCUT2D eigenvalue weighted by molar-refractivity contribution is 0.446. The highest BCUT2D eigenvalue weighted by Crippen LogP contribution is 2.31. The molecule has 0 radical (unpaired) electrons. The van der Waals surface area contributed by atoms with E-state index in [0.29, 0.717) is 4.34 Å². The van der Waals surface area contributed by atoms with E-state index in [-0.39, 0.29) is 9.59 Å². The van der Waals surface area contributed by atoms with Gasteiger partial charge in [-0.1, -0.05) is 11.6 Å². The first kappa shape index (κ1) is 15.2. The topological polar surface area (TPSA) is 46.2 Å². The maximum atomic E-state index is 12.1. The van der Waals surface area contributed by atoms with Crippen molar-refractivity contribution in [3.05, 3.63) is 16.0 Å². The molecule has 1 N–H and O–H groups in total. The van der Waals surface area contributed by atoms with Gasteiger partial charge >= 0.3 is 0 Å². The molecule has 1 aromatic rings. The average Bonchev–Trinajstić information content (AvgIpc) is 2.45. The van der Waals surface area contributed by atoms with Gasteiger partial charge in [0.05, 0.1) is 4.34 Å². The van der Waals surface area contributed by atoms with Crippen LogP contribution in [0, 0.1) is 6.92 Å². The normalized spacial score (nSPS) is 14.9. The summed E-state index contributed by atoms with van der Waals surface area (Å²) in [6.07, 6.45) is 0. The molecule has 0 aliphatic rings. The van der Waals surface area contributed by atoms with Crippen molar-refractivity contribution in [2.75, 3.05) is 0 Å². The summed E-state index contributed by atoms with van der Waals surface area (Å²) in [6, 6.07) is 1.56. The molecular weight excluding hydrogens is 301 g/mol. The number of alkyl halides is 1. The van der Waals surface area contributed by atoms with Crippen LogP contribution in [0.25, 0.3) is 0 Å². The molecule has 0 aromatic carbocycles. The molecule has 0 saturated heterocycles. The van der Waals surface area contributed by atoms with Crippen molar-refractivity contribution < 1.29 is 8.42 Å². The Morgan fingerprint density at radius 1 is 1.47 bits per heavy atom. The van der Waals surface area contributed by atoms with E-state index in [2.05, 4.69) is 4.72 Å². The Hall–Kier alpha value is 0.190. The summed E-state index contributed by atoms with van der Waals surface area (Å²) in [5.41, 5.74) is 0.0406. The third-order valence-corrected chi connectivity index (χ3v) is 6.74. The fourth-order valence-corrected chi connectivity index (χ4v) is 4.35. The Bertz CT molecular complexity index is 487. The van der Waals surface area contributed by atoms with Crippen LogP contribution in [-0.4, -0.2) is 19.3 Å². The lowest BCUT2D eigenvalue weighted by atomic mass is 10.0. The van der Waals surface area contributed by atoms with Crippen molar-refractivity contribution in [1.29, 1.82) is 0 Å². The van der Waals surface area contributed by atoms with Crippen molar-refractivity contribution in [1.82, 2.24) is 4.72 Å². The van der Waals surface area contributed by atoms with Gasteiger partial charge in [-0.15, -0.1) is 22.9 Å². The number of rotatable bonds is 4. The van der Waals surface area contributed by atoms with Crippen molar-refractivity contribution in [2.24, 2.45) is 0 Å². The molecule has 1 unspecified atom stereocenters. The molecule has 98 valence electrons. The van der Waals surface area contributed by atoms with E-state index in [0.717, 1.165) is 16.9 Å². The predicted molar refractivity (Wildman–Crippen MR) is 73.8 cm³/mol. The maximum Gasteiger partial charge on any atom is 0.250 e. The zero-order valence-electron chi connectivity index (χ0n) is 10.0. The lowest BCUT2D eigenvalue weighted by Crippen LogP contribution is -2.48. The number of nitrogens with one attached hydrogen (secondary N) is 1. The van der Waals surface area contributed by atoms with Gasteiger partial charge in [0, 0.05) is 10.9 Å². The number of sulfonamides is 1. The Morgan fingerprint density at radius 3 is 2.35 bits per heavy atom. The van der Waals surface area contributed by atoms with Crippen LogP contribution >= 0.6 is 34.5 Å². The molecule has 1 atom stereocenters. The highest BCUT2D eigenvalue weighted by molar-refractivity contribution is 7.91. The van der Waals surface area contributed by atoms with Gasteiger partial charge in [-0.05, 0) is 39.3 Å². The van der Waals surface area contributed by atoms with E-state index in [1.807, 2.05) is 0 Å². The van der Waals surface area contributed by atoms with Gasteiger partial charge in [-0.2, -0.15) is 0 Å². The third-order valence-electron chi connectivity index (χ3n) is 2.49. The summed E-state index contributed by atoms with van der Waals surface area (Å²) in [5.74, 6) is 0. The molecule has 0 spiro atoms. The molecule has 1 aromatic heterocycles. The summed E-state index contributed by atoms with van der Waals surface area (Å²) in [6.45, 7) is 7.00. The van der Waals surface area contributed by atoms with Gasteiger partial charge in [-0.25, -0.2) is 13.1 Å². The summed E-state index contributed by atoms with van der Waals surface area (Å²) >= 11 is 12.9. The molecule has 1 heterocycles. The van der Waals surface area contributed by atoms with Crippen LogP contribution in [0.15, 0.2) is 10.3 Å². The Balaban J connectivity index is 3.05. The zero-order valence-corrected chi connectivity index (χ0v) is 13.2. The number of hydrogen-bond donors (Lipinski definition) is 1. The van der Waals surface area contributed by atoms with Crippen LogP contribution in [0.4, 0.5) is 0 Å². The van der Waals surface area contributed by atoms with Crippen molar-refractivity contribution in [2.45, 2.75) is 42.8 Å². The van der Waals surface area contributed by atoms with Gasteiger partial charge in [0.15, 0.2) is 0 Å². The molecule has 17 heavy (non-hydrogen) atoms. The smallest absolute Gasteiger partial charge is 0.206 e. The molecular formula is C10H15Cl2NO2S2. The second-order valence-electron chi connectivity index (χ2n) is 4.47. The van der Waals surface area contributed by atoms with Gasteiger partial charge in [0.25, 0.3) is 10.0 Å². The summed E-state index contributed by atoms with van der Waals surface area (Å²) < 4.78 is 27.5. The van der Waals surface area contributed by atoms with E-state index in [1.165, 1.54) is 0 Å². The Labute approximate surface area is 116 Å². The highest BCUT2D eigenvalue weighted by Gasteiger charge is 2.31. The second kappa shape index (κ2) is 5.05. The quantitative estimate of drug-likeness (QED) is 0.866. The average molecular weight is 316 g/mol. The van der Waals surface area contributed by atoms with E-state index >= 15 is 0 Å².